The maximum Gasteiger partial charge on any atom is 0.229 e. The first kappa shape index (κ1) is 25.7. The number of nitrogens with two attached hydrogens (primary N) is 1. The van der Waals surface area contributed by atoms with Crippen molar-refractivity contribution < 1.29 is 22.6 Å². The van der Waals surface area contributed by atoms with Crippen molar-refractivity contribution in [2.75, 3.05) is 25.6 Å². The van der Waals surface area contributed by atoms with E-state index in [-0.39, 0.29) is 54.0 Å². The van der Waals surface area contributed by atoms with Crippen molar-refractivity contribution in [3.63, 3.8) is 0 Å². The number of nitrogens with one attached hydrogen (secondary N) is 1. The molecule has 0 radical (unpaired) electrons. The molecule has 204 valence electrons. The minimum absolute atomic E-state index is 0.00528. The highest BCUT2D eigenvalue weighted by Gasteiger charge is 2.42. The summed E-state index contributed by atoms with van der Waals surface area (Å²) >= 11 is 0. The zero-order valence-corrected chi connectivity index (χ0v) is 21.6. The molecule has 1 saturated carbocycles. The van der Waals surface area contributed by atoms with Gasteiger partial charge in [-0.25, -0.2) is 18.2 Å². The molecule has 2 aliphatic rings. The summed E-state index contributed by atoms with van der Waals surface area (Å²) in [7, 11) is 1.69. The summed E-state index contributed by atoms with van der Waals surface area (Å²) < 4.78 is 56.8. The number of methoxy groups -OCH3 is 1. The van der Waals surface area contributed by atoms with Crippen LogP contribution in [0.4, 0.5) is 24.8 Å². The molecular formula is C28H29F3N6O2. The number of imidazole rings is 1. The Morgan fingerprint density at radius 3 is 2.56 bits per heavy atom. The summed E-state index contributed by atoms with van der Waals surface area (Å²) in [6.07, 6.45) is 6.73. The van der Waals surface area contributed by atoms with E-state index in [1.807, 2.05) is 6.07 Å². The van der Waals surface area contributed by atoms with Crippen LogP contribution in [0.5, 0.6) is 0 Å². The van der Waals surface area contributed by atoms with Gasteiger partial charge < -0.3 is 20.5 Å². The van der Waals surface area contributed by atoms with Gasteiger partial charge in [-0.1, -0.05) is 6.92 Å². The maximum atomic E-state index is 15.1. The predicted octanol–water partition coefficient (Wildman–Crippen LogP) is 4.86. The van der Waals surface area contributed by atoms with Gasteiger partial charge in [0.2, 0.25) is 5.95 Å². The molecule has 4 aromatic rings. The summed E-state index contributed by atoms with van der Waals surface area (Å²) in [4.78, 5) is 8.73. The summed E-state index contributed by atoms with van der Waals surface area (Å²) in [5.74, 6) is -0.982. The Morgan fingerprint density at radius 1 is 1.13 bits per heavy atom. The van der Waals surface area contributed by atoms with Gasteiger partial charge >= 0.3 is 0 Å². The van der Waals surface area contributed by atoms with E-state index in [9.17, 15) is 4.39 Å². The number of fused-ring (bicyclic) bond motifs is 1. The van der Waals surface area contributed by atoms with E-state index in [1.165, 1.54) is 10.6 Å². The fraction of sp³-hybridized carbons (Fsp3) is 0.393. The van der Waals surface area contributed by atoms with Crippen LogP contribution in [0.25, 0.3) is 16.8 Å². The molecule has 2 fully saturated rings. The normalized spacial score (nSPS) is 24.5. The van der Waals surface area contributed by atoms with Gasteiger partial charge in [-0.2, -0.15) is 9.61 Å². The molecule has 0 amide bonds. The lowest BCUT2D eigenvalue weighted by Crippen LogP contribution is -2.45. The van der Waals surface area contributed by atoms with Crippen LogP contribution in [0.2, 0.25) is 0 Å². The van der Waals surface area contributed by atoms with Crippen molar-refractivity contribution >= 4 is 17.2 Å². The summed E-state index contributed by atoms with van der Waals surface area (Å²) in [5, 5.41) is 7.78. The Bertz CT molecular complexity index is 1490. The number of hydrogen-bond acceptors (Lipinski definition) is 7. The molecule has 4 heterocycles. The molecule has 3 aromatic heterocycles. The largest absolute Gasteiger partial charge is 0.380 e. The minimum atomic E-state index is -1.88. The third-order valence-electron chi connectivity index (χ3n) is 7.87. The second kappa shape index (κ2) is 9.89. The lowest BCUT2D eigenvalue weighted by molar-refractivity contribution is -0.135. The molecule has 1 aliphatic carbocycles. The van der Waals surface area contributed by atoms with Gasteiger partial charge in [-0.05, 0) is 66.1 Å². The Kier molecular flexibility index (Phi) is 6.52. The summed E-state index contributed by atoms with van der Waals surface area (Å²) in [5.41, 5.74) is 6.58. The van der Waals surface area contributed by atoms with Crippen LogP contribution in [0.3, 0.4) is 0 Å². The van der Waals surface area contributed by atoms with Crippen molar-refractivity contribution in [3.05, 3.63) is 71.7 Å². The van der Waals surface area contributed by atoms with Crippen LogP contribution in [0.15, 0.2) is 48.9 Å². The van der Waals surface area contributed by atoms with Crippen LogP contribution in [-0.2, 0) is 15.1 Å². The van der Waals surface area contributed by atoms with Gasteiger partial charge in [0.1, 0.15) is 11.6 Å². The molecule has 1 aromatic carbocycles. The van der Waals surface area contributed by atoms with E-state index in [4.69, 9.17) is 15.2 Å². The van der Waals surface area contributed by atoms with E-state index < -0.39 is 17.3 Å². The van der Waals surface area contributed by atoms with Gasteiger partial charge in [-0.15, -0.1) is 0 Å². The first-order valence-electron chi connectivity index (χ1n) is 12.9. The minimum Gasteiger partial charge on any atom is -0.380 e. The van der Waals surface area contributed by atoms with Crippen molar-refractivity contribution in [1.82, 2.24) is 19.6 Å². The number of anilines is 2. The van der Waals surface area contributed by atoms with Crippen molar-refractivity contribution in [3.8, 4) is 11.3 Å². The second-order valence-corrected chi connectivity index (χ2v) is 10.5. The third kappa shape index (κ3) is 4.54. The van der Waals surface area contributed by atoms with Gasteiger partial charge in [0.15, 0.2) is 5.67 Å². The number of aromatic nitrogens is 4. The average Bonchev–Trinajstić information content (AvgIpc) is 3.29. The van der Waals surface area contributed by atoms with E-state index in [2.05, 4.69) is 27.3 Å². The van der Waals surface area contributed by atoms with Crippen LogP contribution < -0.4 is 11.1 Å². The summed E-state index contributed by atoms with van der Waals surface area (Å²) in [6.45, 7) is 1.68. The van der Waals surface area contributed by atoms with Crippen molar-refractivity contribution in [2.45, 2.75) is 43.5 Å². The van der Waals surface area contributed by atoms with Crippen molar-refractivity contribution in [1.29, 1.82) is 0 Å². The van der Waals surface area contributed by atoms with Gasteiger partial charge in [0, 0.05) is 19.3 Å². The molecule has 4 unspecified atom stereocenters. The first-order valence-corrected chi connectivity index (χ1v) is 12.9. The lowest BCUT2D eigenvalue weighted by atomic mass is 9.74. The molecule has 39 heavy (non-hydrogen) atoms. The molecule has 6 rings (SSSR count). The fourth-order valence-electron chi connectivity index (χ4n) is 5.84. The standard InChI is InChI=1S/C28H29F3N6O2/c1-15-7-16(8-22(32)26(15)38-2)19-5-6-33-12-24(19)35-27-34-11-18-3-4-23(36-37(18)27)25-20(29)9-17(10-21(25)30)28(31)13-39-14-28/h3-6,9-12,15-16,22,26H,7-8,13-14,32H2,1-2H3,(H,34,35). The number of pyridine rings is 1. The number of rotatable bonds is 6. The quantitative estimate of drug-likeness (QED) is 0.362. The Balaban J connectivity index is 1.32. The predicted molar refractivity (Wildman–Crippen MR) is 139 cm³/mol. The first-order chi connectivity index (χ1) is 18.8. The number of hydrogen-bond donors (Lipinski definition) is 2. The molecule has 1 aliphatic heterocycles. The van der Waals surface area contributed by atoms with E-state index in [0.717, 1.165) is 36.2 Å². The number of nitrogens with zero attached hydrogens (tertiary/aromatic N) is 4. The number of halogens is 3. The molecular weight excluding hydrogens is 509 g/mol. The zero-order chi connectivity index (χ0) is 27.3. The van der Waals surface area contributed by atoms with Gasteiger partial charge in [0.25, 0.3) is 0 Å². The van der Waals surface area contributed by atoms with Crippen LogP contribution in [0.1, 0.15) is 36.8 Å². The third-order valence-corrected chi connectivity index (χ3v) is 7.87. The van der Waals surface area contributed by atoms with Crippen molar-refractivity contribution in [2.24, 2.45) is 11.7 Å². The number of benzene rings is 1. The SMILES string of the molecule is COC1C(C)CC(c2ccncc2Nc2ncc3ccc(-c4c(F)cc(C5(F)COC5)cc4F)nn23)CC1N. The highest BCUT2D eigenvalue weighted by atomic mass is 19.1. The molecule has 8 nitrogen and oxygen atoms in total. The number of alkyl halides is 1. The van der Waals surface area contributed by atoms with Crippen LogP contribution >= 0.6 is 0 Å². The Hall–Kier alpha value is -3.54. The molecule has 11 heteroatoms. The topological polar surface area (TPSA) is 99.6 Å². The average molecular weight is 539 g/mol. The van der Waals surface area contributed by atoms with Crippen LogP contribution in [-0.4, -0.2) is 52.1 Å². The van der Waals surface area contributed by atoms with Gasteiger partial charge in [-0.3, -0.25) is 4.98 Å². The van der Waals surface area contributed by atoms with Crippen LogP contribution in [0, 0.1) is 17.6 Å². The monoisotopic (exact) mass is 538 g/mol. The lowest BCUT2D eigenvalue weighted by Gasteiger charge is -2.38. The smallest absolute Gasteiger partial charge is 0.229 e. The maximum absolute atomic E-state index is 15.1. The Labute approximate surface area is 223 Å². The van der Waals surface area contributed by atoms with E-state index >= 15 is 8.78 Å². The summed E-state index contributed by atoms with van der Waals surface area (Å²) in [6, 6.07) is 7.05. The highest BCUT2D eigenvalue weighted by molar-refractivity contribution is 5.66. The van der Waals surface area contributed by atoms with E-state index in [1.54, 1.807) is 31.8 Å². The molecule has 3 N–H and O–H groups in total. The van der Waals surface area contributed by atoms with Gasteiger partial charge in [0.05, 0.1) is 54.2 Å². The molecule has 4 atom stereocenters. The Morgan fingerprint density at radius 2 is 1.90 bits per heavy atom. The molecule has 0 bridgehead atoms. The molecule has 1 saturated heterocycles. The second-order valence-electron chi connectivity index (χ2n) is 10.5. The van der Waals surface area contributed by atoms with E-state index in [0.29, 0.717) is 11.5 Å². The number of ether oxygens (including phenoxy) is 2. The zero-order valence-electron chi connectivity index (χ0n) is 21.6. The molecule has 0 spiro atoms. The fourth-order valence-corrected chi connectivity index (χ4v) is 5.84. The highest BCUT2D eigenvalue weighted by Crippen LogP contribution is 2.40.